The first-order chi connectivity index (χ1) is 7.25. The first-order valence-corrected chi connectivity index (χ1v) is 5.79. The summed E-state index contributed by atoms with van der Waals surface area (Å²) < 4.78 is 0. The smallest absolute Gasteiger partial charge is 0.137 e. The Balaban J connectivity index is 2.02. The van der Waals surface area contributed by atoms with E-state index in [9.17, 15) is 4.79 Å². The molecular weight excluding hydrogens is 188 g/mol. The van der Waals surface area contributed by atoms with E-state index in [1.165, 1.54) is 37.8 Å². The zero-order valence-corrected chi connectivity index (χ0v) is 9.25. The van der Waals surface area contributed by atoms with Crippen molar-refractivity contribution < 1.29 is 4.79 Å². The number of hydrogen-bond acceptors (Lipinski definition) is 2. The minimum atomic E-state index is 0.166. The van der Waals surface area contributed by atoms with Gasteiger partial charge in [-0.25, -0.2) is 4.98 Å². The summed E-state index contributed by atoms with van der Waals surface area (Å²) in [7, 11) is 0. The molecule has 1 aromatic heterocycles. The number of nitrogens with one attached hydrogen (secondary N) is 1. The van der Waals surface area contributed by atoms with Crippen molar-refractivity contribution in [2.45, 2.75) is 51.4 Å². The van der Waals surface area contributed by atoms with Gasteiger partial charge in [-0.05, 0) is 19.8 Å². The van der Waals surface area contributed by atoms with Crippen LogP contribution in [0.3, 0.4) is 0 Å². The third kappa shape index (κ3) is 2.67. The van der Waals surface area contributed by atoms with E-state index in [2.05, 4.69) is 9.97 Å². The number of carbonyl (C=O) groups excluding carboxylic acids is 1. The third-order valence-corrected chi connectivity index (χ3v) is 3.11. The molecular formula is C12H18N2O. The first-order valence-electron chi connectivity index (χ1n) is 5.79. The Morgan fingerprint density at radius 1 is 1.47 bits per heavy atom. The second-order valence-corrected chi connectivity index (χ2v) is 4.50. The third-order valence-electron chi connectivity index (χ3n) is 3.11. The molecule has 1 heterocycles. The highest BCUT2D eigenvalue weighted by atomic mass is 16.1. The van der Waals surface area contributed by atoms with Crippen LogP contribution in [0.25, 0.3) is 0 Å². The summed E-state index contributed by atoms with van der Waals surface area (Å²) in [5.41, 5.74) is 1.23. The van der Waals surface area contributed by atoms with Crippen LogP contribution in [-0.2, 0) is 11.2 Å². The Morgan fingerprint density at radius 3 is 2.87 bits per heavy atom. The van der Waals surface area contributed by atoms with E-state index >= 15 is 0 Å². The molecule has 1 aliphatic rings. The molecule has 15 heavy (non-hydrogen) atoms. The van der Waals surface area contributed by atoms with Crippen LogP contribution >= 0.6 is 0 Å². The molecule has 0 aliphatic heterocycles. The Hall–Kier alpha value is -1.12. The average Bonchev–Trinajstić information content (AvgIpc) is 2.67. The van der Waals surface area contributed by atoms with Gasteiger partial charge in [-0.3, -0.25) is 4.79 Å². The molecule has 0 saturated heterocycles. The summed E-state index contributed by atoms with van der Waals surface area (Å²) in [6.45, 7) is 1.60. The summed E-state index contributed by atoms with van der Waals surface area (Å²) in [5, 5.41) is 0. The van der Waals surface area contributed by atoms with Crippen LogP contribution < -0.4 is 0 Å². The molecule has 0 radical (unpaired) electrons. The van der Waals surface area contributed by atoms with Gasteiger partial charge in [0.15, 0.2) is 0 Å². The van der Waals surface area contributed by atoms with Crippen molar-refractivity contribution >= 4 is 5.78 Å². The standard InChI is InChI=1S/C12H18N2O/c1-9(15)7-12-13-8-11(14-12)10-5-3-2-4-6-10/h8,10H,2-7H2,1H3,(H,13,14). The number of H-pyrrole nitrogens is 1. The van der Waals surface area contributed by atoms with E-state index < -0.39 is 0 Å². The lowest BCUT2D eigenvalue weighted by atomic mass is 9.87. The highest BCUT2D eigenvalue weighted by molar-refractivity contribution is 5.77. The molecule has 1 fully saturated rings. The SMILES string of the molecule is CC(=O)Cc1ncc(C2CCCCC2)[nH]1. The molecule has 1 saturated carbocycles. The molecule has 82 valence electrons. The van der Waals surface area contributed by atoms with Crippen LogP contribution in [0, 0.1) is 0 Å². The summed E-state index contributed by atoms with van der Waals surface area (Å²) in [6, 6.07) is 0. The number of ketones is 1. The average molecular weight is 206 g/mol. The van der Waals surface area contributed by atoms with Gasteiger partial charge < -0.3 is 4.98 Å². The quantitative estimate of drug-likeness (QED) is 0.826. The molecule has 2 rings (SSSR count). The van der Waals surface area contributed by atoms with Crippen LogP contribution in [0.1, 0.15) is 56.5 Å². The summed E-state index contributed by atoms with van der Waals surface area (Å²) in [4.78, 5) is 18.5. The molecule has 3 heteroatoms. The summed E-state index contributed by atoms with van der Waals surface area (Å²) in [5.74, 6) is 1.63. The van der Waals surface area contributed by atoms with E-state index in [4.69, 9.17) is 0 Å². The molecule has 1 aliphatic carbocycles. The maximum Gasteiger partial charge on any atom is 0.137 e. The second kappa shape index (κ2) is 4.60. The van der Waals surface area contributed by atoms with Crippen LogP contribution in [0.5, 0.6) is 0 Å². The molecule has 0 amide bonds. The number of carbonyl (C=O) groups is 1. The Kier molecular flexibility index (Phi) is 3.19. The molecule has 0 spiro atoms. The number of aromatic amines is 1. The molecule has 0 aromatic carbocycles. The molecule has 1 aromatic rings. The predicted octanol–water partition coefficient (Wildman–Crippen LogP) is 2.59. The second-order valence-electron chi connectivity index (χ2n) is 4.50. The van der Waals surface area contributed by atoms with Crippen molar-refractivity contribution in [1.29, 1.82) is 0 Å². The first kappa shape index (κ1) is 10.4. The van der Waals surface area contributed by atoms with Gasteiger partial charge in [0.05, 0.1) is 6.42 Å². The molecule has 1 N–H and O–H groups in total. The van der Waals surface area contributed by atoms with E-state index in [1.54, 1.807) is 6.92 Å². The monoisotopic (exact) mass is 206 g/mol. The molecule has 0 atom stereocenters. The van der Waals surface area contributed by atoms with Crippen molar-refractivity contribution in [3.63, 3.8) is 0 Å². The van der Waals surface area contributed by atoms with E-state index in [-0.39, 0.29) is 5.78 Å². The van der Waals surface area contributed by atoms with Gasteiger partial charge in [-0.1, -0.05) is 19.3 Å². The lowest BCUT2D eigenvalue weighted by Crippen LogP contribution is -2.05. The Labute approximate surface area is 90.3 Å². The Bertz CT molecular complexity index is 337. The maximum atomic E-state index is 10.9. The number of imidazole rings is 1. The molecule has 3 nitrogen and oxygen atoms in total. The van der Waals surface area contributed by atoms with Crippen LogP contribution in [0.15, 0.2) is 6.20 Å². The fraction of sp³-hybridized carbons (Fsp3) is 0.667. The topological polar surface area (TPSA) is 45.8 Å². The van der Waals surface area contributed by atoms with E-state index in [0.29, 0.717) is 12.3 Å². The largest absolute Gasteiger partial charge is 0.345 e. The summed E-state index contributed by atoms with van der Waals surface area (Å²) >= 11 is 0. The van der Waals surface area contributed by atoms with Gasteiger partial charge in [0.2, 0.25) is 0 Å². The number of nitrogens with zero attached hydrogens (tertiary/aromatic N) is 1. The lowest BCUT2D eigenvalue weighted by Gasteiger charge is -2.19. The number of hydrogen-bond donors (Lipinski definition) is 1. The van der Waals surface area contributed by atoms with E-state index in [1.807, 2.05) is 6.20 Å². The molecule has 0 unspecified atom stereocenters. The van der Waals surface area contributed by atoms with Gasteiger partial charge >= 0.3 is 0 Å². The maximum absolute atomic E-state index is 10.9. The van der Waals surface area contributed by atoms with Gasteiger partial charge in [-0.15, -0.1) is 0 Å². The van der Waals surface area contributed by atoms with Gasteiger partial charge in [0.25, 0.3) is 0 Å². The zero-order chi connectivity index (χ0) is 10.7. The summed E-state index contributed by atoms with van der Waals surface area (Å²) in [6.07, 6.45) is 8.90. The van der Waals surface area contributed by atoms with Crippen LogP contribution in [0.2, 0.25) is 0 Å². The number of rotatable bonds is 3. The zero-order valence-electron chi connectivity index (χ0n) is 9.25. The van der Waals surface area contributed by atoms with Gasteiger partial charge in [0.1, 0.15) is 11.6 Å². The molecule has 0 bridgehead atoms. The van der Waals surface area contributed by atoms with Crippen LogP contribution in [0.4, 0.5) is 0 Å². The van der Waals surface area contributed by atoms with Crippen molar-refractivity contribution in [3.05, 3.63) is 17.7 Å². The lowest BCUT2D eigenvalue weighted by molar-refractivity contribution is -0.116. The van der Waals surface area contributed by atoms with Crippen LogP contribution in [-0.4, -0.2) is 15.8 Å². The van der Waals surface area contributed by atoms with Crippen molar-refractivity contribution in [2.75, 3.05) is 0 Å². The van der Waals surface area contributed by atoms with Gasteiger partial charge in [0, 0.05) is 17.8 Å². The van der Waals surface area contributed by atoms with E-state index in [0.717, 1.165) is 5.82 Å². The fourth-order valence-corrected chi connectivity index (χ4v) is 2.33. The van der Waals surface area contributed by atoms with Gasteiger partial charge in [-0.2, -0.15) is 0 Å². The highest BCUT2D eigenvalue weighted by Gasteiger charge is 2.17. The van der Waals surface area contributed by atoms with Crippen molar-refractivity contribution in [3.8, 4) is 0 Å². The number of Topliss-reactive ketones (excluding diaryl/α,β-unsaturated/α-hetero) is 1. The normalized spacial score (nSPS) is 17.9. The highest BCUT2D eigenvalue weighted by Crippen LogP contribution is 2.31. The van der Waals surface area contributed by atoms with Crippen molar-refractivity contribution in [1.82, 2.24) is 9.97 Å². The minimum absolute atomic E-state index is 0.166. The fourth-order valence-electron chi connectivity index (χ4n) is 2.33. The Morgan fingerprint density at radius 2 is 2.20 bits per heavy atom. The predicted molar refractivity (Wildman–Crippen MR) is 58.8 cm³/mol. The van der Waals surface area contributed by atoms with Crippen molar-refractivity contribution in [2.24, 2.45) is 0 Å². The minimum Gasteiger partial charge on any atom is -0.345 e. The number of aromatic nitrogens is 2.